The summed E-state index contributed by atoms with van der Waals surface area (Å²) in [4.78, 5) is 14.0. The van der Waals surface area contributed by atoms with Crippen molar-refractivity contribution in [2.24, 2.45) is 5.73 Å². The summed E-state index contributed by atoms with van der Waals surface area (Å²) in [5.41, 5.74) is 5.82. The Hall–Kier alpha value is -1.76. The third-order valence-electron chi connectivity index (χ3n) is 2.45. The average Bonchev–Trinajstić information content (AvgIpc) is 2.37. The predicted molar refractivity (Wildman–Crippen MR) is 76.1 cm³/mol. The number of halogens is 2. The molecule has 0 fully saturated rings. The highest BCUT2D eigenvalue weighted by Crippen LogP contribution is 2.16. The summed E-state index contributed by atoms with van der Waals surface area (Å²) >= 11 is 4.80. The van der Waals surface area contributed by atoms with Gasteiger partial charge in [0.25, 0.3) is 5.91 Å². The number of amides is 1. The second kappa shape index (κ2) is 7.74. The van der Waals surface area contributed by atoms with Crippen molar-refractivity contribution in [2.45, 2.75) is 20.0 Å². The largest absolute Gasteiger partial charge is 0.435 e. The van der Waals surface area contributed by atoms with E-state index in [1.807, 2.05) is 6.92 Å². The summed E-state index contributed by atoms with van der Waals surface area (Å²) in [6, 6.07) is 5.51. The molecule has 1 aromatic rings. The minimum Gasteiger partial charge on any atom is -0.435 e. The molecule has 110 valence electrons. The molecular weight excluding hydrogens is 286 g/mol. The van der Waals surface area contributed by atoms with Gasteiger partial charge in [-0.1, -0.05) is 19.1 Å². The van der Waals surface area contributed by atoms with E-state index in [2.05, 4.69) is 4.74 Å². The Morgan fingerprint density at radius 1 is 1.40 bits per heavy atom. The number of thiocarbonyl (C=S) groups is 1. The Morgan fingerprint density at radius 3 is 2.45 bits per heavy atom. The highest BCUT2D eigenvalue weighted by atomic mass is 32.1. The predicted octanol–water partition coefficient (Wildman–Crippen LogP) is 2.43. The summed E-state index contributed by atoms with van der Waals surface area (Å²) in [5.74, 6) is -0.240. The minimum atomic E-state index is -2.89. The van der Waals surface area contributed by atoms with Gasteiger partial charge < -0.3 is 15.4 Å². The van der Waals surface area contributed by atoms with Crippen LogP contribution < -0.4 is 10.5 Å². The maximum Gasteiger partial charge on any atom is 0.387 e. The van der Waals surface area contributed by atoms with E-state index in [9.17, 15) is 13.6 Å². The molecule has 0 saturated carbocycles. The number of ether oxygens (including phenoxy) is 1. The first kappa shape index (κ1) is 16.3. The lowest BCUT2D eigenvalue weighted by Gasteiger charge is -2.21. The van der Waals surface area contributed by atoms with Gasteiger partial charge in [-0.05, 0) is 30.7 Å². The van der Waals surface area contributed by atoms with E-state index >= 15 is 0 Å². The third kappa shape index (κ3) is 5.08. The van der Waals surface area contributed by atoms with Crippen LogP contribution in [0.25, 0.3) is 0 Å². The highest BCUT2D eigenvalue weighted by Gasteiger charge is 2.16. The second-order valence-electron chi connectivity index (χ2n) is 4.10. The quantitative estimate of drug-likeness (QED) is 0.786. The van der Waals surface area contributed by atoms with Crippen molar-refractivity contribution in [2.75, 3.05) is 13.1 Å². The Labute approximate surface area is 121 Å². The smallest absolute Gasteiger partial charge is 0.387 e. The number of carbonyl (C=O) groups excluding carboxylic acids is 1. The second-order valence-corrected chi connectivity index (χ2v) is 4.62. The van der Waals surface area contributed by atoms with Crippen molar-refractivity contribution in [1.29, 1.82) is 0 Å². The lowest BCUT2D eigenvalue weighted by atomic mass is 10.2. The minimum absolute atomic E-state index is 0.00735. The molecule has 0 radical (unpaired) electrons. The molecule has 0 spiro atoms. The van der Waals surface area contributed by atoms with Gasteiger partial charge in [0.15, 0.2) is 0 Å². The zero-order chi connectivity index (χ0) is 15.1. The number of benzene rings is 1. The van der Waals surface area contributed by atoms with Gasteiger partial charge in [0.2, 0.25) is 0 Å². The number of alkyl halides is 2. The normalized spacial score (nSPS) is 10.4. The fourth-order valence-corrected chi connectivity index (χ4v) is 1.83. The Bertz CT molecular complexity index is 466. The van der Waals surface area contributed by atoms with Gasteiger partial charge in [0, 0.05) is 12.1 Å². The van der Waals surface area contributed by atoms with Gasteiger partial charge in [0.1, 0.15) is 5.75 Å². The van der Waals surface area contributed by atoms with E-state index in [-0.39, 0.29) is 23.2 Å². The fraction of sp³-hybridized carbons (Fsp3) is 0.385. The monoisotopic (exact) mass is 302 g/mol. The zero-order valence-electron chi connectivity index (χ0n) is 11.0. The van der Waals surface area contributed by atoms with E-state index in [4.69, 9.17) is 18.0 Å². The van der Waals surface area contributed by atoms with Crippen LogP contribution in [0.15, 0.2) is 24.3 Å². The van der Waals surface area contributed by atoms with E-state index < -0.39 is 6.61 Å². The standard InChI is InChI=1S/C13H16F2N2O2S/c1-2-7-17(8-11(16)20)12(18)9-3-5-10(6-4-9)19-13(14)15/h3-6,13H,2,7-8H2,1H3,(H2,16,20). The summed E-state index contributed by atoms with van der Waals surface area (Å²) in [6.45, 7) is -0.245. The van der Waals surface area contributed by atoms with Crippen molar-refractivity contribution in [1.82, 2.24) is 4.90 Å². The van der Waals surface area contributed by atoms with Gasteiger partial charge in [-0.25, -0.2) is 0 Å². The zero-order valence-corrected chi connectivity index (χ0v) is 11.8. The Balaban J connectivity index is 2.80. The Morgan fingerprint density at radius 2 is 2.00 bits per heavy atom. The van der Waals surface area contributed by atoms with Gasteiger partial charge in [0.05, 0.1) is 11.5 Å². The topological polar surface area (TPSA) is 55.6 Å². The molecule has 1 rings (SSSR count). The van der Waals surface area contributed by atoms with Crippen LogP contribution >= 0.6 is 12.2 Å². The van der Waals surface area contributed by atoms with Crippen LogP contribution in [0.5, 0.6) is 5.75 Å². The number of nitrogens with zero attached hydrogens (tertiary/aromatic N) is 1. The van der Waals surface area contributed by atoms with E-state index in [0.717, 1.165) is 6.42 Å². The van der Waals surface area contributed by atoms with Crippen LogP contribution in [-0.4, -0.2) is 35.5 Å². The molecule has 0 atom stereocenters. The Kier molecular flexibility index (Phi) is 6.30. The maximum atomic E-state index is 12.2. The molecule has 0 aliphatic carbocycles. The van der Waals surface area contributed by atoms with E-state index in [1.165, 1.54) is 29.2 Å². The fourth-order valence-electron chi connectivity index (χ4n) is 1.67. The number of nitrogens with two attached hydrogens (primary N) is 1. The van der Waals surface area contributed by atoms with E-state index in [1.54, 1.807) is 0 Å². The van der Waals surface area contributed by atoms with Gasteiger partial charge in [-0.15, -0.1) is 0 Å². The average molecular weight is 302 g/mol. The van der Waals surface area contributed by atoms with Gasteiger partial charge >= 0.3 is 6.61 Å². The number of hydrogen-bond donors (Lipinski definition) is 1. The summed E-state index contributed by atoms with van der Waals surface area (Å²) < 4.78 is 28.3. The van der Waals surface area contributed by atoms with Crippen LogP contribution in [0.2, 0.25) is 0 Å². The molecule has 1 aromatic carbocycles. The molecule has 4 nitrogen and oxygen atoms in total. The summed E-state index contributed by atoms with van der Waals surface area (Å²) in [5, 5.41) is 0. The first-order valence-corrected chi connectivity index (χ1v) is 6.47. The summed E-state index contributed by atoms with van der Waals surface area (Å²) in [7, 11) is 0. The summed E-state index contributed by atoms with van der Waals surface area (Å²) in [6.07, 6.45) is 0.765. The van der Waals surface area contributed by atoms with Crippen LogP contribution in [-0.2, 0) is 0 Å². The molecule has 0 aromatic heterocycles. The first-order valence-electron chi connectivity index (χ1n) is 6.06. The molecule has 1 amide bonds. The van der Waals surface area contributed by atoms with Crippen molar-refractivity contribution in [3.8, 4) is 5.75 Å². The maximum absolute atomic E-state index is 12.2. The molecule has 20 heavy (non-hydrogen) atoms. The third-order valence-corrected chi connectivity index (χ3v) is 2.58. The van der Waals surface area contributed by atoms with Crippen molar-refractivity contribution < 1.29 is 18.3 Å². The SMILES string of the molecule is CCCN(CC(N)=S)C(=O)c1ccc(OC(F)F)cc1. The molecule has 0 aliphatic heterocycles. The van der Waals surface area contributed by atoms with Crippen molar-refractivity contribution >= 4 is 23.1 Å². The van der Waals surface area contributed by atoms with E-state index in [0.29, 0.717) is 12.1 Å². The van der Waals surface area contributed by atoms with Crippen LogP contribution in [0, 0.1) is 0 Å². The highest BCUT2D eigenvalue weighted by molar-refractivity contribution is 7.80. The van der Waals surface area contributed by atoms with Crippen molar-refractivity contribution in [3.63, 3.8) is 0 Å². The van der Waals surface area contributed by atoms with Gasteiger partial charge in [-0.3, -0.25) is 4.79 Å². The molecular formula is C13H16F2N2O2S. The van der Waals surface area contributed by atoms with Gasteiger partial charge in [-0.2, -0.15) is 8.78 Å². The lowest BCUT2D eigenvalue weighted by molar-refractivity contribution is -0.0498. The molecule has 7 heteroatoms. The van der Waals surface area contributed by atoms with Crippen LogP contribution in [0.1, 0.15) is 23.7 Å². The molecule has 2 N–H and O–H groups in total. The molecule has 0 aliphatic rings. The first-order chi connectivity index (χ1) is 9.43. The number of hydrogen-bond acceptors (Lipinski definition) is 3. The van der Waals surface area contributed by atoms with Crippen LogP contribution in [0.4, 0.5) is 8.78 Å². The molecule has 0 heterocycles. The van der Waals surface area contributed by atoms with Crippen LogP contribution in [0.3, 0.4) is 0 Å². The lowest BCUT2D eigenvalue weighted by Crippen LogP contribution is -2.38. The number of carbonyl (C=O) groups is 1. The molecule has 0 saturated heterocycles. The molecule has 0 bridgehead atoms. The molecule has 0 unspecified atom stereocenters. The van der Waals surface area contributed by atoms with Crippen molar-refractivity contribution in [3.05, 3.63) is 29.8 Å². The number of rotatable bonds is 7.